The fourth-order valence-corrected chi connectivity index (χ4v) is 2.13. The topological polar surface area (TPSA) is 114 Å². The van der Waals surface area contributed by atoms with Gasteiger partial charge in [-0.3, -0.25) is 14.9 Å². The Morgan fingerprint density at radius 3 is 2.68 bits per heavy atom. The Morgan fingerprint density at radius 2 is 2.08 bits per heavy atom. The largest absolute Gasteiger partial charge is 0.504 e. The van der Waals surface area contributed by atoms with Crippen LogP contribution in [0.25, 0.3) is 0 Å². The van der Waals surface area contributed by atoms with Crippen molar-refractivity contribution in [3.63, 3.8) is 0 Å². The summed E-state index contributed by atoms with van der Waals surface area (Å²) in [7, 11) is 1.28. The maximum Gasteiger partial charge on any atom is 0.282 e. The number of carbonyl (C=O) groups excluding carboxylic acids is 1. The molecule has 130 valence electrons. The van der Waals surface area contributed by atoms with Crippen molar-refractivity contribution in [2.75, 3.05) is 7.11 Å². The van der Waals surface area contributed by atoms with E-state index in [9.17, 15) is 20.0 Å². The highest BCUT2D eigenvalue weighted by atomic mass is 35.5. The molecule has 0 heterocycles. The molecule has 0 radical (unpaired) electrons. The molecule has 0 spiro atoms. The number of nitro benzene ring substituents is 1. The Balaban J connectivity index is 2.08. The monoisotopic (exact) mass is 363 g/mol. The van der Waals surface area contributed by atoms with E-state index < -0.39 is 10.8 Å². The summed E-state index contributed by atoms with van der Waals surface area (Å²) in [6.07, 6.45) is 1.15. The summed E-state index contributed by atoms with van der Waals surface area (Å²) in [4.78, 5) is 22.2. The van der Waals surface area contributed by atoms with Crippen molar-refractivity contribution in [3.8, 4) is 11.5 Å². The van der Waals surface area contributed by atoms with Crippen LogP contribution in [0.2, 0.25) is 5.02 Å². The van der Waals surface area contributed by atoms with Gasteiger partial charge in [0.1, 0.15) is 0 Å². The van der Waals surface area contributed by atoms with Gasteiger partial charge in [-0.1, -0.05) is 23.7 Å². The zero-order chi connectivity index (χ0) is 18.4. The van der Waals surface area contributed by atoms with Gasteiger partial charge in [-0.25, -0.2) is 5.43 Å². The molecule has 2 aromatic carbocycles. The number of carbonyl (C=O) groups is 1. The summed E-state index contributed by atoms with van der Waals surface area (Å²) in [5.41, 5.74) is 2.72. The lowest BCUT2D eigenvalue weighted by atomic mass is 10.1. The van der Waals surface area contributed by atoms with Crippen LogP contribution in [0, 0.1) is 10.1 Å². The van der Waals surface area contributed by atoms with Crippen molar-refractivity contribution in [2.24, 2.45) is 5.10 Å². The number of amides is 1. The van der Waals surface area contributed by atoms with Gasteiger partial charge in [0.2, 0.25) is 5.91 Å². The van der Waals surface area contributed by atoms with E-state index in [0.29, 0.717) is 5.02 Å². The summed E-state index contributed by atoms with van der Waals surface area (Å²) in [6, 6.07) is 8.95. The Hall–Kier alpha value is -3.13. The van der Waals surface area contributed by atoms with E-state index in [4.69, 9.17) is 16.3 Å². The summed E-state index contributed by atoms with van der Waals surface area (Å²) >= 11 is 5.77. The number of nitro groups is 1. The number of phenols is 1. The fourth-order valence-electron chi connectivity index (χ4n) is 2.00. The molecule has 0 aliphatic rings. The van der Waals surface area contributed by atoms with Crippen LogP contribution in [0.3, 0.4) is 0 Å². The Bertz CT molecular complexity index is 821. The van der Waals surface area contributed by atoms with Crippen LogP contribution in [0.15, 0.2) is 41.5 Å². The molecule has 0 aliphatic carbocycles. The van der Waals surface area contributed by atoms with Gasteiger partial charge in [-0.05, 0) is 23.8 Å². The first-order valence-electron chi connectivity index (χ1n) is 7.02. The first-order valence-corrected chi connectivity index (χ1v) is 7.40. The van der Waals surface area contributed by atoms with Gasteiger partial charge >= 0.3 is 0 Å². The summed E-state index contributed by atoms with van der Waals surface area (Å²) in [5.74, 6) is -0.711. The van der Waals surface area contributed by atoms with Crippen molar-refractivity contribution >= 4 is 29.4 Å². The highest BCUT2D eigenvalue weighted by Crippen LogP contribution is 2.32. The predicted octanol–water partition coefficient (Wildman–Crippen LogP) is 2.66. The Morgan fingerprint density at radius 1 is 1.40 bits per heavy atom. The molecule has 2 N–H and O–H groups in total. The smallest absolute Gasteiger partial charge is 0.282 e. The molecule has 0 aliphatic heterocycles. The van der Waals surface area contributed by atoms with Crippen LogP contribution in [-0.2, 0) is 11.2 Å². The molecule has 0 saturated heterocycles. The Kier molecular flexibility index (Phi) is 5.91. The van der Waals surface area contributed by atoms with Crippen LogP contribution in [0.4, 0.5) is 5.69 Å². The van der Waals surface area contributed by atoms with E-state index in [1.807, 2.05) is 0 Å². The van der Waals surface area contributed by atoms with Gasteiger partial charge in [-0.15, -0.1) is 0 Å². The van der Waals surface area contributed by atoms with Crippen molar-refractivity contribution in [1.29, 1.82) is 0 Å². The van der Waals surface area contributed by atoms with Crippen LogP contribution >= 0.6 is 11.6 Å². The number of methoxy groups -OCH3 is 1. The first-order chi connectivity index (χ1) is 11.9. The second kappa shape index (κ2) is 8.11. The molecule has 2 aromatic rings. The standard InChI is InChI=1S/C16H14ClN3O5/c1-25-15-8-13(20(23)24)11(7-14(15)21)9-18-19-16(22)6-10-2-4-12(17)5-3-10/h2-5,7-9,21H,6H2,1H3,(H,19,22)/b18-9-. The number of rotatable bonds is 6. The van der Waals surface area contributed by atoms with Crippen LogP contribution in [0.5, 0.6) is 11.5 Å². The molecule has 2 rings (SSSR count). The molecule has 9 heteroatoms. The van der Waals surface area contributed by atoms with Gasteiger partial charge in [-0.2, -0.15) is 5.10 Å². The number of hydrogen-bond donors (Lipinski definition) is 2. The molecule has 0 saturated carbocycles. The van der Waals surface area contributed by atoms with Crippen molar-refractivity contribution < 1.29 is 19.6 Å². The zero-order valence-corrected chi connectivity index (χ0v) is 13.9. The zero-order valence-electron chi connectivity index (χ0n) is 13.1. The first kappa shape index (κ1) is 18.2. The van der Waals surface area contributed by atoms with E-state index >= 15 is 0 Å². The van der Waals surface area contributed by atoms with Crippen molar-refractivity contribution in [3.05, 3.63) is 62.7 Å². The number of benzene rings is 2. The fraction of sp³-hybridized carbons (Fsp3) is 0.125. The minimum atomic E-state index is -0.640. The maximum absolute atomic E-state index is 11.8. The van der Waals surface area contributed by atoms with E-state index in [2.05, 4.69) is 10.5 Å². The average molecular weight is 364 g/mol. The third-order valence-corrected chi connectivity index (χ3v) is 3.45. The van der Waals surface area contributed by atoms with Crippen LogP contribution in [-0.4, -0.2) is 29.3 Å². The molecular weight excluding hydrogens is 350 g/mol. The molecule has 8 nitrogen and oxygen atoms in total. The van der Waals surface area contributed by atoms with E-state index in [0.717, 1.165) is 23.9 Å². The molecule has 0 atom stereocenters. The highest BCUT2D eigenvalue weighted by Gasteiger charge is 2.17. The number of aromatic hydroxyl groups is 1. The third kappa shape index (κ3) is 4.92. The van der Waals surface area contributed by atoms with Crippen LogP contribution < -0.4 is 10.2 Å². The molecule has 0 aromatic heterocycles. The quantitative estimate of drug-likeness (QED) is 0.465. The van der Waals surface area contributed by atoms with Gasteiger partial charge in [0.15, 0.2) is 11.5 Å². The van der Waals surface area contributed by atoms with Gasteiger partial charge in [0.05, 0.1) is 36.3 Å². The Labute approximate surface area is 147 Å². The SMILES string of the molecule is COc1cc([N+](=O)[O-])c(/C=N\NC(=O)Cc2ccc(Cl)cc2)cc1O. The number of nitrogens with one attached hydrogen (secondary N) is 1. The summed E-state index contributed by atoms with van der Waals surface area (Å²) < 4.78 is 4.83. The molecule has 1 amide bonds. The average Bonchev–Trinajstić information content (AvgIpc) is 2.57. The number of hydrogen-bond acceptors (Lipinski definition) is 6. The molecule has 25 heavy (non-hydrogen) atoms. The number of nitrogens with zero attached hydrogens (tertiary/aromatic N) is 2. The van der Waals surface area contributed by atoms with E-state index in [1.54, 1.807) is 24.3 Å². The number of phenolic OH excluding ortho intramolecular Hbond substituents is 1. The third-order valence-electron chi connectivity index (χ3n) is 3.20. The van der Waals surface area contributed by atoms with Gasteiger partial charge < -0.3 is 9.84 Å². The highest BCUT2D eigenvalue weighted by molar-refractivity contribution is 6.30. The number of halogens is 1. The predicted molar refractivity (Wildman–Crippen MR) is 92.2 cm³/mol. The summed E-state index contributed by atoms with van der Waals surface area (Å²) in [5, 5.41) is 25.0. The normalized spacial score (nSPS) is 10.6. The van der Waals surface area contributed by atoms with Gasteiger partial charge in [0.25, 0.3) is 5.69 Å². The second-order valence-electron chi connectivity index (χ2n) is 4.94. The van der Waals surface area contributed by atoms with Crippen LogP contribution in [0.1, 0.15) is 11.1 Å². The van der Waals surface area contributed by atoms with E-state index in [1.165, 1.54) is 7.11 Å². The molecule has 0 unspecified atom stereocenters. The number of hydrazone groups is 1. The maximum atomic E-state index is 11.8. The molecular formula is C16H14ClN3O5. The molecule has 0 bridgehead atoms. The lowest BCUT2D eigenvalue weighted by Crippen LogP contribution is -2.19. The van der Waals surface area contributed by atoms with Crippen molar-refractivity contribution in [1.82, 2.24) is 5.43 Å². The lowest BCUT2D eigenvalue weighted by molar-refractivity contribution is -0.385. The minimum absolute atomic E-state index is 0.0232. The summed E-state index contributed by atoms with van der Waals surface area (Å²) in [6.45, 7) is 0. The van der Waals surface area contributed by atoms with Crippen molar-refractivity contribution in [2.45, 2.75) is 6.42 Å². The van der Waals surface area contributed by atoms with E-state index in [-0.39, 0.29) is 29.2 Å². The second-order valence-corrected chi connectivity index (χ2v) is 5.37. The number of ether oxygens (including phenoxy) is 1. The minimum Gasteiger partial charge on any atom is -0.504 e. The lowest BCUT2D eigenvalue weighted by Gasteiger charge is -2.05. The molecule has 0 fully saturated rings. The van der Waals surface area contributed by atoms with Gasteiger partial charge in [0, 0.05) is 5.02 Å².